The Morgan fingerprint density at radius 1 is 0.574 bits per heavy atom. The van der Waals surface area contributed by atoms with Crippen LogP contribution in [-0.4, -0.2) is 21.2 Å². The molecule has 47 heavy (non-hydrogen) atoms. The zero-order chi connectivity index (χ0) is 32.5. The Kier molecular flexibility index (Phi) is 7.75. The van der Waals surface area contributed by atoms with Crippen molar-refractivity contribution in [1.82, 2.24) is 9.36 Å². The van der Waals surface area contributed by atoms with Crippen molar-refractivity contribution < 1.29 is 14.7 Å². The van der Waals surface area contributed by atoms with Crippen molar-refractivity contribution in [1.29, 1.82) is 0 Å². The van der Waals surface area contributed by atoms with Crippen molar-refractivity contribution >= 4 is 29.3 Å². The molecule has 4 aromatic carbocycles. The van der Waals surface area contributed by atoms with Gasteiger partial charge in [0.1, 0.15) is 5.57 Å². The molecule has 8 heteroatoms. The van der Waals surface area contributed by atoms with Crippen molar-refractivity contribution in [3.05, 3.63) is 166 Å². The first-order valence-electron chi connectivity index (χ1n) is 15.5. The Morgan fingerprint density at radius 2 is 1.02 bits per heavy atom. The number of carbonyl (C=O) groups is 2. The quantitative estimate of drug-likeness (QED) is 0.160. The van der Waals surface area contributed by atoms with Crippen LogP contribution in [0.3, 0.4) is 0 Å². The average molecular weight is 620 g/mol. The highest BCUT2D eigenvalue weighted by atomic mass is 16.3. The lowest BCUT2D eigenvalue weighted by molar-refractivity contribution is -0.278. The maximum Gasteiger partial charge on any atom is 0.283 e. The van der Waals surface area contributed by atoms with Gasteiger partial charge >= 0.3 is 0 Å². The Hall–Kier alpha value is -6.15. The first kappa shape index (κ1) is 29.6. The summed E-state index contributed by atoms with van der Waals surface area (Å²) in [4.78, 5) is 41.8. The van der Waals surface area contributed by atoms with Gasteiger partial charge in [0.2, 0.25) is 0 Å². The summed E-state index contributed by atoms with van der Waals surface area (Å²) in [5, 5.41) is 16.7. The third-order valence-electron chi connectivity index (χ3n) is 8.59. The molecule has 1 aliphatic carbocycles. The van der Waals surface area contributed by atoms with Crippen molar-refractivity contribution in [3.8, 4) is 17.3 Å². The lowest BCUT2D eigenvalue weighted by Crippen LogP contribution is -2.41. The van der Waals surface area contributed by atoms with Gasteiger partial charge in [0, 0.05) is 5.88 Å². The summed E-state index contributed by atoms with van der Waals surface area (Å²) in [6.45, 7) is 1.92. The molecule has 2 aliphatic rings. The highest BCUT2D eigenvalue weighted by Gasteiger charge is 2.43. The number of carbonyl (C=O) groups excluding carboxylic acids is 2. The van der Waals surface area contributed by atoms with E-state index >= 15 is 0 Å². The molecule has 5 aromatic rings. The summed E-state index contributed by atoms with van der Waals surface area (Å²) in [6.07, 6.45) is 5.39. The predicted molar refractivity (Wildman–Crippen MR) is 181 cm³/mol. The molecule has 0 atom stereocenters. The number of hydrazine groups is 1. The van der Waals surface area contributed by atoms with Crippen molar-refractivity contribution in [2.75, 3.05) is 10.0 Å². The number of amides is 2. The molecule has 1 fully saturated rings. The Labute approximate surface area is 272 Å². The Balaban J connectivity index is 1.32. The largest absolute Gasteiger partial charge is 0.858 e. The van der Waals surface area contributed by atoms with Gasteiger partial charge in [-0.1, -0.05) is 72.8 Å². The van der Waals surface area contributed by atoms with Crippen LogP contribution in [0.5, 0.6) is 5.88 Å². The number of aromatic nitrogens is 2. The summed E-state index contributed by atoms with van der Waals surface area (Å²) in [5.74, 6) is -1.27. The maximum absolute atomic E-state index is 13.9. The fraction of sp³-hybridized carbons (Fsp3) is 0.103. The molecule has 1 saturated heterocycles. The second-order valence-corrected chi connectivity index (χ2v) is 11.5. The number of hydrogen-bond donors (Lipinski definition) is 0. The van der Waals surface area contributed by atoms with Crippen LogP contribution in [0.1, 0.15) is 31.7 Å². The fourth-order valence-electron chi connectivity index (χ4n) is 6.22. The zero-order valence-electron chi connectivity index (χ0n) is 25.7. The second kappa shape index (κ2) is 12.3. The fourth-order valence-corrected chi connectivity index (χ4v) is 6.22. The van der Waals surface area contributed by atoms with E-state index in [9.17, 15) is 19.5 Å². The number of allylic oxidation sites excluding steroid dienone is 4. The summed E-state index contributed by atoms with van der Waals surface area (Å²) >= 11 is 0. The number of anilines is 2. The minimum absolute atomic E-state index is 0.0551. The maximum atomic E-state index is 13.9. The first-order chi connectivity index (χ1) is 22.9. The monoisotopic (exact) mass is 619 g/mol. The average Bonchev–Trinajstić information content (AvgIpc) is 3.51. The standard InChI is InChI=1S/C39H32N4O4/c1-27-28(25-34-36(44)40(30-17-6-2-7-18-30)41(37(34)45)31-19-8-3-9-20-31)15-14-16-29(27)26-35-38(46)42(32-21-10-4-11-22-32)43(39(35)47)33-23-12-5-13-24-33/h2-13,17-26,44H,14-16H2,1H3/p-1/b28-25-. The van der Waals surface area contributed by atoms with Crippen LogP contribution in [0, 0.1) is 0 Å². The summed E-state index contributed by atoms with van der Waals surface area (Å²) in [5.41, 5.74) is 4.48. The summed E-state index contributed by atoms with van der Waals surface area (Å²) in [7, 11) is 0. The third-order valence-corrected chi connectivity index (χ3v) is 8.59. The minimum Gasteiger partial charge on any atom is -0.858 e. The summed E-state index contributed by atoms with van der Waals surface area (Å²) in [6, 6.07) is 36.3. The number of benzene rings is 4. The highest BCUT2D eigenvalue weighted by molar-refractivity contribution is 6.36. The first-order valence-corrected chi connectivity index (χ1v) is 15.5. The molecule has 2 heterocycles. The smallest absolute Gasteiger partial charge is 0.283 e. The molecular weight excluding hydrogens is 588 g/mol. The van der Waals surface area contributed by atoms with Gasteiger partial charge in [-0.3, -0.25) is 19.1 Å². The third kappa shape index (κ3) is 5.29. The topological polar surface area (TPSA) is 90.6 Å². The van der Waals surface area contributed by atoms with Crippen molar-refractivity contribution in [2.45, 2.75) is 26.2 Å². The molecule has 0 unspecified atom stereocenters. The van der Waals surface area contributed by atoms with Gasteiger partial charge < -0.3 is 5.11 Å². The van der Waals surface area contributed by atoms with E-state index in [0.29, 0.717) is 35.6 Å². The van der Waals surface area contributed by atoms with E-state index in [1.807, 2.05) is 79.7 Å². The van der Waals surface area contributed by atoms with E-state index in [0.717, 1.165) is 23.1 Å². The van der Waals surface area contributed by atoms with Gasteiger partial charge in [-0.25, -0.2) is 14.7 Å². The molecule has 0 radical (unpaired) electrons. The van der Waals surface area contributed by atoms with Crippen molar-refractivity contribution in [2.24, 2.45) is 0 Å². The molecule has 0 spiro atoms. The number of rotatable bonds is 6. The second-order valence-electron chi connectivity index (χ2n) is 11.5. The molecule has 0 saturated carbocycles. The van der Waals surface area contributed by atoms with E-state index in [1.165, 1.54) is 19.4 Å². The van der Waals surface area contributed by atoms with E-state index in [-0.39, 0.29) is 11.1 Å². The number of para-hydroxylation sites is 4. The molecule has 1 aromatic heterocycles. The van der Waals surface area contributed by atoms with Crippen LogP contribution < -0.4 is 20.7 Å². The van der Waals surface area contributed by atoms with Gasteiger partial charge in [0.05, 0.1) is 28.3 Å². The van der Waals surface area contributed by atoms with Crippen LogP contribution >= 0.6 is 0 Å². The molecule has 0 N–H and O–H groups in total. The molecule has 1 aliphatic heterocycles. The van der Waals surface area contributed by atoms with Gasteiger partial charge in [0.25, 0.3) is 17.4 Å². The molecule has 232 valence electrons. The highest BCUT2D eigenvalue weighted by Crippen LogP contribution is 2.36. The predicted octanol–water partition coefficient (Wildman–Crippen LogP) is 6.51. The normalized spacial score (nSPS) is 16.0. The van der Waals surface area contributed by atoms with E-state index in [2.05, 4.69) is 0 Å². The van der Waals surface area contributed by atoms with Crippen molar-refractivity contribution in [3.63, 3.8) is 0 Å². The zero-order valence-corrected chi connectivity index (χ0v) is 25.7. The minimum atomic E-state index is -0.422. The van der Waals surface area contributed by atoms with Crippen LogP contribution in [0.25, 0.3) is 17.5 Å². The SMILES string of the molecule is CC1=C(C=C2C(=O)N(c3ccccc3)N(c3ccccc3)C2=O)CCC/C1=C/c1c([O-])n(-c2ccccc2)n(-c2ccccc2)c1=O. The van der Waals surface area contributed by atoms with Crippen LogP contribution in [0.2, 0.25) is 0 Å². The van der Waals surface area contributed by atoms with E-state index < -0.39 is 23.3 Å². The number of hydrogen-bond acceptors (Lipinski definition) is 4. The lowest BCUT2D eigenvalue weighted by atomic mass is 9.86. The lowest BCUT2D eigenvalue weighted by Gasteiger charge is -2.27. The molecule has 0 bridgehead atoms. The van der Waals surface area contributed by atoms with Crippen LogP contribution in [0.4, 0.5) is 11.4 Å². The van der Waals surface area contributed by atoms with E-state index in [1.54, 1.807) is 60.7 Å². The molecular formula is C39H31N4O4-. The van der Waals surface area contributed by atoms with Crippen LogP contribution in [0.15, 0.2) is 154 Å². The summed E-state index contributed by atoms with van der Waals surface area (Å²) < 4.78 is 2.81. The Morgan fingerprint density at radius 3 is 1.51 bits per heavy atom. The molecule has 8 nitrogen and oxygen atoms in total. The Bertz CT molecular complexity index is 2070. The van der Waals surface area contributed by atoms with Crippen LogP contribution in [-0.2, 0) is 9.59 Å². The van der Waals surface area contributed by atoms with Gasteiger partial charge in [-0.05, 0) is 104 Å². The van der Waals surface area contributed by atoms with Gasteiger partial charge in [-0.2, -0.15) is 0 Å². The molecule has 7 rings (SSSR count). The van der Waals surface area contributed by atoms with E-state index in [4.69, 9.17) is 0 Å². The van der Waals surface area contributed by atoms with Gasteiger partial charge in [0.15, 0.2) is 0 Å². The molecule has 2 amide bonds. The number of nitrogens with zero attached hydrogens (tertiary/aromatic N) is 4. The van der Waals surface area contributed by atoms with Gasteiger partial charge in [-0.15, -0.1) is 0 Å².